The highest BCUT2D eigenvalue weighted by Gasteiger charge is 2.45. The Morgan fingerprint density at radius 1 is 1.10 bits per heavy atom. The highest BCUT2D eigenvalue weighted by atomic mass is 16.5. The highest BCUT2D eigenvalue weighted by Crippen LogP contribution is 2.30. The first-order chi connectivity index (χ1) is 15.1. The predicted octanol–water partition coefficient (Wildman–Crippen LogP) is 3.12. The van der Waals surface area contributed by atoms with Gasteiger partial charge in [-0.3, -0.25) is 14.6 Å². The van der Waals surface area contributed by atoms with Gasteiger partial charge in [0, 0.05) is 37.8 Å². The molecule has 1 aliphatic heterocycles. The van der Waals surface area contributed by atoms with Gasteiger partial charge >= 0.3 is 0 Å². The van der Waals surface area contributed by atoms with Crippen LogP contribution in [-0.2, 0) is 27.3 Å². The molecular weight excluding hydrogens is 390 g/mol. The predicted molar refractivity (Wildman–Crippen MR) is 118 cm³/mol. The van der Waals surface area contributed by atoms with E-state index < -0.39 is 5.60 Å². The van der Waals surface area contributed by atoms with Crippen molar-refractivity contribution >= 4 is 11.8 Å². The maximum atomic E-state index is 13.4. The molecule has 1 saturated carbocycles. The molecule has 31 heavy (non-hydrogen) atoms. The lowest BCUT2D eigenvalue weighted by atomic mass is 9.92. The Morgan fingerprint density at radius 2 is 1.87 bits per heavy atom. The van der Waals surface area contributed by atoms with E-state index in [0.29, 0.717) is 38.5 Å². The summed E-state index contributed by atoms with van der Waals surface area (Å²) in [6.07, 6.45) is 7.32. The third-order valence-electron chi connectivity index (χ3n) is 6.38. The number of morpholine rings is 1. The van der Waals surface area contributed by atoms with E-state index in [-0.39, 0.29) is 18.4 Å². The van der Waals surface area contributed by atoms with Crippen molar-refractivity contribution < 1.29 is 14.3 Å². The van der Waals surface area contributed by atoms with Crippen molar-refractivity contribution in [3.63, 3.8) is 0 Å². The van der Waals surface area contributed by atoms with Gasteiger partial charge in [-0.2, -0.15) is 0 Å². The second kappa shape index (κ2) is 10.1. The number of nitrogens with one attached hydrogen (secondary N) is 1. The quantitative estimate of drug-likeness (QED) is 0.746. The molecular formula is C25H31N3O3. The second-order valence-electron chi connectivity index (χ2n) is 8.68. The van der Waals surface area contributed by atoms with E-state index in [2.05, 4.69) is 10.3 Å². The summed E-state index contributed by atoms with van der Waals surface area (Å²) in [6, 6.07) is 15.5. The van der Waals surface area contributed by atoms with Crippen molar-refractivity contribution in [1.82, 2.24) is 15.2 Å². The van der Waals surface area contributed by atoms with Gasteiger partial charge < -0.3 is 15.0 Å². The maximum Gasteiger partial charge on any atom is 0.254 e. The third kappa shape index (κ3) is 5.50. The molecule has 1 aromatic carbocycles. The van der Waals surface area contributed by atoms with E-state index in [0.717, 1.165) is 24.1 Å². The average Bonchev–Trinajstić information content (AvgIpc) is 3.32. The molecule has 164 valence electrons. The Labute approximate surface area is 184 Å². The van der Waals surface area contributed by atoms with Gasteiger partial charge in [-0.15, -0.1) is 0 Å². The number of hydrogen-bond donors (Lipinski definition) is 1. The number of carbonyl (C=O) groups excluding carboxylic acids is 2. The molecule has 1 aliphatic carbocycles. The third-order valence-corrected chi connectivity index (χ3v) is 6.38. The average molecular weight is 422 g/mol. The number of carbonyl (C=O) groups is 2. The Morgan fingerprint density at radius 3 is 2.61 bits per heavy atom. The zero-order chi connectivity index (χ0) is 21.5. The normalized spacial score (nSPS) is 21.7. The molecule has 0 spiro atoms. The summed E-state index contributed by atoms with van der Waals surface area (Å²) in [5.41, 5.74) is 0.670. The van der Waals surface area contributed by atoms with E-state index in [1.54, 1.807) is 6.20 Å². The Bertz CT molecular complexity index is 868. The fourth-order valence-corrected chi connectivity index (χ4v) is 4.65. The van der Waals surface area contributed by atoms with Gasteiger partial charge in [-0.25, -0.2) is 0 Å². The van der Waals surface area contributed by atoms with Crippen LogP contribution in [0.25, 0.3) is 0 Å². The van der Waals surface area contributed by atoms with Crippen molar-refractivity contribution in [3.8, 4) is 0 Å². The van der Waals surface area contributed by atoms with Gasteiger partial charge in [0.1, 0.15) is 0 Å². The van der Waals surface area contributed by atoms with Gasteiger partial charge in [0.25, 0.3) is 5.91 Å². The minimum absolute atomic E-state index is 0.136. The minimum Gasteiger partial charge on any atom is -0.361 e. The fraction of sp³-hybridized carbons (Fsp3) is 0.480. The van der Waals surface area contributed by atoms with Crippen LogP contribution in [0.5, 0.6) is 0 Å². The van der Waals surface area contributed by atoms with E-state index in [4.69, 9.17) is 4.74 Å². The first kappa shape index (κ1) is 21.5. The van der Waals surface area contributed by atoms with Crippen LogP contribution in [0.3, 0.4) is 0 Å². The van der Waals surface area contributed by atoms with Crippen molar-refractivity contribution in [2.24, 2.45) is 5.92 Å². The molecule has 2 amide bonds. The summed E-state index contributed by atoms with van der Waals surface area (Å²) in [5, 5.41) is 3.03. The first-order valence-corrected chi connectivity index (χ1v) is 11.3. The number of benzene rings is 1. The van der Waals surface area contributed by atoms with Crippen LogP contribution in [0.1, 0.15) is 43.4 Å². The number of pyridine rings is 1. The van der Waals surface area contributed by atoms with Crippen molar-refractivity contribution in [2.45, 2.75) is 50.7 Å². The number of ether oxygens (including phenoxy) is 1. The highest BCUT2D eigenvalue weighted by molar-refractivity contribution is 5.87. The lowest BCUT2D eigenvalue weighted by Gasteiger charge is -2.41. The second-order valence-corrected chi connectivity index (χ2v) is 8.68. The molecule has 2 aromatic rings. The molecule has 2 heterocycles. The summed E-state index contributed by atoms with van der Waals surface area (Å²) in [6.45, 7) is 1.56. The number of rotatable bonds is 7. The number of hydrogen-bond acceptors (Lipinski definition) is 4. The van der Waals surface area contributed by atoms with Crippen LogP contribution in [0.15, 0.2) is 54.7 Å². The molecule has 4 rings (SSSR count). The molecule has 1 saturated heterocycles. The van der Waals surface area contributed by atoms with Crippen LogP contribution >= 0.6 is 0 Å². The largest absolute Gasteiger partial charge is 0.361 e. The van der Waals surface area contributed by atoms with Gasteiger partial charge in [-0.05, 0) is 36.5 Å². The smallest absolute Gasteiger partial charge is 0.254 e. The standard InChI is InChI=1S/C25H31N3O3/c29-23(16-20-8-4-5-9-20)28-14-15-31-25(19-28,17-22-12-6-7-13-26-22)24(30)27-18-21-10-2-1-3-11-21/h1-3,6-7,10-13,20H,4-5,8-9,14-19H2,(H,27,30)/t25-/m0/s1. The van der Waals surface area contributed by atoms with Crippen LogP contribution in [0, 0.1) is 5.92 Å². The molecule has 6 heteroatoms. The molecule has 6 nitrogen and oxygen atoms in total. The zero-order valence-corrected chi connectivity index (χ0v) is 18.0. The van der Waals surface area contributed by atoms with Crippen LogP contribution in [-0.4, -0.2) is 47.0 Å². The lowest BCUT2D eigenvalue weighted by Crippen LogP contribution is -2.62. The summed E-state index contributed by atoms with van der Waals surface area (Å²) in [4.78, 5) is 32.7. The molecule has 0 radical (unpaired) electrons. The SMILES string of the molecule is O=C(CC1CCCC1)N1CCO[C@](Cc2ccccn2)(C(=O)NCc2ccccc2)C1. The molecule has 2 fully saturated rings. The molecule has 0 bridgehead atoms. The van der Waals surface area contributed by atoms with Crippen LogP contribution in [0.4, 0.5) is 0 Å². The summed E-state index contributed by atoms with van der Waals surface area (Å²) in [5.74, 6) is 0.421. The first-order valence-electron chi connectivity index (χ1n) is 11.3. The van der Waals surface area contributed by atoms with E-state index in [1.165, 1.54) is 12.8 Å². The summed E-state index contributed by atoms with van der Waals surface area (Å²) < 4.78 is 6.12. The number of nitrogens with zero attached hydrogens (tertiary/aromatic N) is 2. The van der Waals surface area contributed by atoms with Crippen molar-refractivity contribution in [2.75, 3.05) is 19.7 Å². The lowest BCUT2D eigenvalue weighted by molar-refractivity contribution is -0.166. The van der Waals surface area contributed by atoms with Crippen molar-refractivity contribution in [1.29, 1.82) is 0 Å². The van der Waals surface area contributed by atoms with E-state index >= 15 is 0 Å². The molecule has 2 aliphatic rings. The minimum atomic E-state index is -1.13. The Balaban J connectivity index is 1.49. The van der Waals surface area contributed by atoms with Crippen LogP contribution in [0.2, 0.25) is 0 Å². The molecule has 1 N–H and O–H groups in total. The summed E-state index contributed by atoms with van der Waals surface area (Å²) in [7, 11) is 0. The van der Waals surface area contributed by atoms with E-state index in [1.807, 2.05) is 53.4 Å². The van der Waals surface area contributed by atoms with E-state index in [9.17, 15) is 9.59 Å². The molecule has 1 atom stereocenters. The van der Waals surface area contributed by atoms with Gasteiger partial charge in [0.05, 0.1) is 13.2 Å². The number of amides is 2. The maximum absolute atomic E-state index is 13.4. The van der Waals surface area contributed by atoms with Gasteiger partial charge in [0.2, 0.25) is 5.91 Å². The van der Waals surface area contributed by atoms with Crippen LogP contribution < -0.4 is 5.32 Å². The van der Waals surface area contributed by atoms with Crippen molar-refractivity contribution in [3.05, 3.63) is 66.0 Å². The molecule has 1 aromatic heterocycles. The monoisotopic (exact) mass is 421 g/mol. The molecule has 0 unspecified atom stereocenters. The zero-order valence-electron chi connectivity index (χ0n) is 18.0. The summed E-state index contributed by atoms with van der Waals surface area (Å²) >= 11 is 0. The topological polar surface area (TPSA) is 71.5 Å². The number of aromatic nitrogens is 1. The van der Waals surface area contributed by atoms with Gasteiger partial charge in [-0.1, -0.05) is 49.2 Å². The Kier molecular flexibility index (Phi) is 6.97. The Hall–Kier alpha value is -2.73. The van der Waals surface area contributed by atoms with Gasteiger partial charge in [0.15, 0.2) is 5.60 Å². The fourth-order valence-electron chi connectivity index (χ4n) is 4.65.